The Morgan fingerprint density at radius 2 is 1.88 bits per heavy atom. The van der Waals surface area contributed by atoms with E-state index in [-0.39, 0.29) is 6.61 Å². The first-order chi connectivity index (χ1) is 11.8. The van der Waals surface area contributed by atoms with Crippen LogP contribution in [-0.4, -0.2) is 5.11 Å². The second kappa shape index (κ2) is 5.20. The van der Waals surface area contributed by atoms with E-state index in [9.17, 15) is 5.11 Å². The van der Waals surface area contributed by atoms with E-state index in [1.54, 1.807) is 17.6 Å². The smallest absolute Gasteiger partial charge is 0.134 e. The number of hydrogen-bond acceptors (Lipinski definition) is 3. The summed E-state index contributed by atoms with van der Waals surface area (Å²) in [4.78, 5) is 2.21. The second-order valence-corrected chi connectivity index (χ2v) is 7.07. The minimum Gasteiger partial charge on any atom is -0.464 e. The topological polar surface area (TPSA) is 29.5 Å². The van der Waals surface area contributed by atoms with Crippen molar-refractivity contribution >= 4 is 23.5 Å². The standard InChI is InChI=1S/C21H14O2S/c22-12-16-11-19-18-9-14-5-3-7-23-20(14)10-15(18)8-13-4-1-2-6-17(13)21(19)24-16/h1-11,22H,12H2. The van der Waals surface area contributed by atoms with Crippen LogP contribution in [0.25, 0.3) is 33.7 Å². The van der Waals surface area contributed by atoms with Gasteiger partial charge >= 0.3 is 0 Å². The van der Waals surface area contributed by atoms with Crippen LogP contribution in [0, 0.1) is 0 Å². The summed E-state index contributed by atoms with van der Waals surface area (Å²) in [6.07, 6.45) is 7.91. The summed E-state index contributed by atoms with van der Waals surface area (Å²) in [6.45, 7) is 0.0712. The third kappa shape index (κ3) is 1.99. The Kier molecular flexibility index (Phi) is 2.98. The van der Waals surface area contributed by atoms with Gasteiger partial charge in [-0.3, -0.25) is 0 Å². The Hall–Kier alpha value is -2.62. The average Bonchev–Trinajstić information content (AvgIpc) is 3.01. The molecule has 0 amide bonds. The molecule has 3 aromatic rings. The van der Waals surface area contributed by atoms with Crippen LogP contribution >= 0.6 is 11.3 Å². The van der Waals surface area contributed by atoms with Crippen molar-refractivity contribution in [1.29, 1.82) is 0 Å². The number of benzene rings is 2. The van der Waals surface area contributed by atoms with Crippen molar-refractivity contribution in [2.75, 3.05) is 0 Å². The van der Waals surface area contributed by atoms with Crippen LogP contribution in [0.5, 0.6) is 5.75 Å². The highest BCUT2D eigenvalue weighted by molar-refractivity contribution is 7.16. The summed E-state index contributed by atoms with van der Waals surface area (Å²) in [5.41, 5.74) is 4.78. The summed E-state index contributed by atoms with van der Waals surface area (Å²) >= 11 is 1.67. The first kappa shape index (κ1) is 13.8. The van der Waals surface area contributed by atoms with Crippen LogP contribution in [0.1, 0.15) is 10.4 Å². The SMILES string of the molecule is OCc1cc2c(s1)-c1ccccc1C=c1cc3c(cc1-2)=CC=CO3. The van der Waals surface area contributed by atoms with Gasteiger partial charge in [0.1, 0.15) is 5.75 Å². The molecule has 0 atom stereocenters. The molecule has 2 nitrogen and oxygen atoms in total. The summed E-state index contributed by atoms with van der Waals surface area (Å²) in [5, 5.41) is 11.8. The fourth-order valence-corrected chi connectivity index (χ4v) is 4.45. The predicted octanol–water partition coefficient (Wildman–Crippen LogP) is 3.40. The van der Waals surface area contributed by atoms with Gasteiger partial charge < -0.3 is 9.84 Å². The van der Waals surface area contributed by atoms with Crippen molar-refractivity contribution in [3.05, 3.63) is 75.7 Å². The Morgan fingerprint density at radius 3 is 2.79 bits per heavy atom. The number of allylic oxidation sites excluding steroid dienone is 1. The van der Waals surface area contributed by atoms with Crippen LogP contribution in [-0.2, 0) is 6.61 Å². The van der Waals surface area contributed by atoms with E-state index < -0.39 is 0 Å². The number of hydrogen-bond donors (Lipinski definition) is 1. The highest BCUT2D eigenvalue weighted by Gasteiger charge is 2.19. The molecule has 0 saturated carbocycles. The molecule has 3 heteroatoms. The molecule has 1 aromatic heterocycles. The Bertz CT molecular complexity index is 1120. The van der Waals surface area contributed by atoms with Gasteiger partial charge in [-0.2, -0.15) is 0 Å². The lowest BCUT2D eigenvalue weighted by atomic mass is 10.0. The summed E-state index contributed by atoms with van der Waals surface area (Å²) in [5.74, 6) is 0.881. The zero-order valence-corrected chi connectivity index (χ0v) is 13.6. The van der Waals surface area contributed by atoms with Crippen LogP contribution in [0.15, 0.2) is 54.8 Å². The van der Waals surface area contributed by atoms with Gasteiger partial charge in [-0.05, 0) is 58.3 Å². The molecule has 5 rings (SSSR count). The molecule has 1 N–H and O–H groups in total. The van der Waals surface area contributed by atoms with Gasteiger partial charge in [-0.1, -0.05) is 24.3 Å². The maximum atomic E-state index is 9.61. The van der Waals surface area contributed by atoms with E-state index in [4.69, 9.17) is 4.74 Å². The summed E-state index contributed by atoms with van der Waals surface area (Å²) < 4.78 is 5.66. The minimum atomic E-state index is 0.0712. The number of thiophene rings is 1. The molecule has 0 fully saturated rings. The van der Waals surface area contributed by atoms with E-state index in [1.165, 1.54) is 27.1 Å². The zero-order chi connectivity index (χ0) is 16.1. The van der Waals surface area contributed by atoms with Crippen LogP contribution < -0.4 is 15.2 Å². The van der Waals surface area contributed by atoms with E-state index >= 15 is 0 Å². The van der Waals surface area contributed by atoms with Gasteiger partial charge in [0, 0.05) is 20.5 Å². The maximum absolute atomic E-state index is 9.61. The Balaban J connectivity index is 1.93. The molecule has 24 heavy (non-hydrogen) atoms. The van der Waals surface area contributed by atoms with Crippen LogP contribution in [0.2, 0.25) is 0 Å². The van der Waals surface area contributed by atoms with Crippen molar-refractivity contribution < 1.29 is 9.84 Å². The predicted molar refractivity (Wildman–Crippen MR) is 98.2 cm³/mol. The highest BCUT2D eigenvalue weighted by atomic mass is 32.1. The molecule has 1 aliphatic carbocycles. The van der Waals surface area contributed by atoms with E-state index in [0.29, 0.717) is 0 Å². The zero-order valence-electron chi connectivity index (χ0n) is 12.8. The van der Waals surface area contributed by atoms with Crippen LogP contribution in [0.3, 0.4) is 0 Å². The molecular weight excluding hydrogens is 316 g/mol. The van der Waals surface area contributed by atoms with Crippen molar-refractivity contribution in [2.24, 2.45) is 0 Å². The number of aliphatic hydroxyl groups is 1. The molecule has 0 saturated heterocycles. The molecule has 2 aromatic carbocycles. The first-order valence-corrected chi connectivity index (χ1v) is 8.68. The van der Waals surface area contributed by atoms with Gasteiger partial charge in [0.2, 0.25) is 0 Å². The summed E-state index contributed by atoms with van der Waals surface area (Å²) in [6, 6.07) is 14.8. The van der Waals surface area contributed by atoms with Gasteiger partial charge in [0.15, 0.2) is 0 Å². The molecule has 0 spiro atoms. The lowest BCUT2D eigenvalue weighted by Crippen LogP contribution is -2.16. The maximum Gasteiger partial charge on any atom is 0.134 e. The number of rotatable bonds is 1. The highest BCUT2D eigenvalue weighted by Crippen LogP contribution is 2.41. The third-order valence-corrected chi connectivity index (χ3v) is 5.63. The minimum absolute atomic E-state index is 0.0712. The fourth-order valence-electron chi connectivity index (χ4n) is 3.37. The molecule has 2 heterocycles. The normalized spacial score (nSPS) is 13.4. The van der Waals surface area contributed by atoms with E-state index in [1.807, 2.05) is 6.08 Å². The quantitative estimate of drug-likeness (QED) is 0.580. The lowest BCUT2D eigenvalue weighted by molar-refractivity contribution is 0.285. The van der Waals surface area contributed by atoms with Crippen molar-refractivity contribution in [1.82, 2.24) is 0 Å². The van der Waals surface area contributed by atoms with Gasteiger partial charge in [0.25, 0.3) is 0 Å². The summed E-state index contributed by atoms with van der Waals surface area (Å²) in [7, 11) is 0. The Labute approximate surface area is 143 Å². The third-order valence-electron chi connectivity index (χ3n) is 4.48. The van der Waals surface area contributed by atoms with E-state index in [2.05, 4.69) is 54.6 Å². The van der Waals surface area contributed by atoms with Crippen molar-refractivity contribution in [3.8, 4) is 27.3 Å². The fraction of sp³-hybridized carbons (Fsp3) is 0.0476. The van der Waals surface area contributed by atoms with Crippen LogP contribution in [0.4, 0.5) is 0 Å². The molecule has 116 valence electrons. The number of aliphatic hydroxyl groups excluding tert-OH is 1. The molecule has 1 aliphatic heterocycles. The second-order valence-electron chi connectivity index (χ2n) is 5.94. The number of ether oxygens (including phenoxy) is 1. The van der Waals surface area contributed by atoms with Crippen molar-refractivity contribution in [2.45, 2.75) is 6.61 Å². The molecule has 0 radical (unpaired) electrons. The van der Waals surface area contributed by atoms with Gasteiger partial charge in [-0.25, -0.2) is 0 Å². The van der Waals surface area contributed by atoms with Gasteiger partial charge in [-0.15, -0.1) is 11.3 Å². The average molecular weight is 330 g/mol. The Morgan fingerprint density at radius 1 is 0.958 bits per heavy atom. The largest absolute Gasteiger partial charge is 0.464 e. The van der Waals surface area contributed by atoms with Gasteiger partial charge in [0.05, 0.1) is 12.9 Å². The number of fused-ring (bicyclic) bond motifs is 6. The van der Waals surface area contributed by atoms with Crippen molar-refractivity contribution in [3.63, 3.8) is 0 Å². The van der Waals surface area contributed by atoms with E-state index in [0.717, 1.165) is 21.1 Å². The molecule has 0 unspecified atom stereocenters. The monoisotopic (exact) mass is 330 g/mol. The molecular formula is C21H14O2S. The molecule has 2 aliphatic rings. The molecule has 0 bridgehead atoms. The first-order valence-electron chi connectivity index (χ1n) is 7.86. The lowest BCUT2D eigenvalue weighted by Gasteiger charge is -2.09.